The Kier molecular flexibility index (Phi) is 6.46. The van der Waals surface area contributed by atoms with E-state index in [1.165, 1.54) is 0 Å². The lowest BCUT2D eigenvalue weighted by molar-refractivity contribution is -0.135. The average Bonchev–Trinajstić information content (AvgIpc) is 2.01. The molecule has 0 rings (SSSR count). The Labute approximate surface area is 93.4 Å². The third kappa shape index (κ3) is 5.10. The number of carbonyl (C=O) groups is 2. The number of ketones is 2. The summed E-state index contributed by atoms with van der Waals surface area (Å²) in [6.07, 6.45) is 1.89. The van der Waals surface area contributed by atoms with E-state index in [0.29, 0.717) is 18.8 Å². The SMILES string of the molecule is CCCC(=O)[C@@H](C(=O)CC(C)C)C(C)C. The highest BCUT2D eigenvalue weighted by Crippen LogP contribution is 2.19. The lowest BCUT2D eigenvalue weighted by atomic mass is 9.83. The van der Waals surface area contributed by atoms with E-state index >= 15 is 0 Å². The fourth-order valence-electron chi connectivity index (χ4n) is 1.85. The van der Waals surface area contributed by atoms with Crippen LogP contribution in [-0.2, 0) is 9.59 Å². The second-order valence-electron chi connectivity index (χ2n) is 5.00. The zero-order valence-corrected chi connectivity index (χ0v) is 10.7. The van der Waals surface area contributed by atoms with E-state index in [9.17, 15) is 9.59 Å². The van der Waals surface area contributed by atoms with Gasteiger partial charge in [0.25, 0.3) is 0 Å². The van der Waals surface area contributed by atoms with Crippen molar-refractivity contribution in [1.82, 2.24) is 0 Å². The molecule has 0 aromatic heterocycles. The standard InChI is InChI=1S/C13H24O2/c1-6-7-11(14)13(10(4)5)12(15)8-9(2)3/h9-10,13H,6-8H2,1-5H3/t13-/m0/s1. The zero-order valence-electron chi connectivity index (χ0n) is 10.7. The molecule has 2 nitrogen and oxygen atoms in total. The van der Waals surface area contributed by atoms with Crippen molar-refractivity contribution < 1.29 is 9.59 Å². The van der Waals surface area contributed by atoms with Crippen LogP contribution in [0, 0.1) is 17.8 Å². The van der Waals surface area contributed by atoms with Gasteiger partial charge in [-0.2, -0.15) is 0 Å². The van der Waals surface area contributed by atoms with Crippen LogP contribution >= 0.6 is 0 Å². The second-order valence-corrected chi connectivity index (χ2v) is 5.00. The minimum absolute atomic E-state index is 0.123. The molecule has 0 radical (unpaired) electrons. The van der Waals surface area contributed by atoms with Crippen molar-refractivity contribution in [2.45, 2.75) is 53.9 Å². The van der Waals surface area contributed by atoms with Gasteiger partial charge in [0.1, 0.15) is 11.6 Å². The Morgan fingerprint density at radius 3 is 1.87 bits per heavy atom. The predicted molar refractivity (Wildman–Crippen MR) is 62.7 cm³/mol. The summed E-state index contributed by atoms with van der Waals surface area (Å²) in [6, 6.07) is 0. The second kappa shape index (κ2) is 6.76. The first-order valence-corrected chi connectivity index (χ1v) is 5.95. The molecule has 2 heteroatoms. The third-order valence-corrected chi connectivity index (χ3v) is 2.47. The molecule has 0 amide bonds. The minimum atomic E-state index is -0.368. The Morgan fingerprint density at radius 1 is 1.00 bits per heavy atom. The molecule has 0 unspecified atom stereocenters. The van der Waals surface area contributed by atoms with Gasteiger partial charge in [-0.05, 0) is 18.3 Å². The molecule has 0 heterocycles. The molecule has 0 bridgehead atoms. The van der Waals surface area contributed by atoms with Crippen molar-refractivity contribution in [3.8, 4) is 0 Å². The van der Waals surface area contributed by atoms with Crippen molar-refractivity contribution in [3.05, 3.63) is 0 Å². The van der Waals surface area contributed by atoms with Crippen molar-refractivity contribution in [3.63, 3.8) is 0 Å². The number of rotatable bonds is 7. The van der Waals surface area contributed by atoms with Gasteiger partial charge in [0.15, 0.2) is 0 Å². The van der Waals surface area contributed by atoms with Crippen LogP contribution in [0.2, 0.25) is 0 Å². The van der Waals surface area contributed by atoms with Gasteiger partial charge >= 0.3 is 0 Å². The maximum atomic E-state index is 11.9. The van der Waals surface area contributed by atoms with Crippen molar-refractivity contribution in [1.29, 1.82) is 0 Å². The van der Waals surface area contributed by atoms with Crippen molar-refractivity contribution in [2.24, 2.45) is 17.8 Å². The smallest absolute Gasteiger partial charge is 0.143 e. The monoisotopic (exact) mass is 212 g/mol. The molecule has 0 N–H and O–H groups in total. The Bertz CT molecular complexity index is 217. The maximum absolute atomic E-state index is 11.9. The van der Waals surface area contributed by atoms with Crippen molar-refractivity contribution >= 4 is 11.6 Å². The zero-order chi connectivity index (χ0) is 12.0. The third-order valence-electron chi connectivity index (χ3n) is 2.47. The van der Waals surface area contributed by atoms with Gasteiger partial charge in [0, 0.05) is 12.8 Å². The summed E-state index contributed by atoms with van der Waals surface area (Å²) < 4.78 is 0. The Hall–Kier alpha value is -0.660. The highest BCUT2D eigenvalue weighted by Gasteiger charge is 2.28. The first-order chi connectivity index (χ1) is 6.90. The number of Topliss-reactive ketones (excluding diaryl/α,β-unsaturated/α-hetero) is 2. The molecule has 88 valence electrons. The van der Waals surface area contributed by atoms with Crippen LogP contribution in [0.1, 0.15) is 53.9 Å². The lowest BCUT2D eigenvalue weighted by Gasteiger charge is -2.19. The molecular weight excluding hydrogens is 188 g/mol. The first kappa shape index (κ1) is 14.3. The van der Waals surface area contributed by atoms with Crippen molar-refractivity contribution in [2.75, 3.05) is 0 Å². The van der Waals surface area contributed by atoms with Gasteiger partial charge in [-0.25, -0.2) is 0 Å². The van der Waals surface area contributed by atoms with E-state index in [2.05, 4.69) is 0 Å². The molecule has 0 fully saturated rings. The van der Waals surface area contributed by atoms with Crippen LogP contribution in [0.3, 0.4) is 0 Å². The molecule has 0 aliphatic heterocycles. The van der Waals surface area contributed by atoms with Gasteiger partial charge in [0.2, 0.25) is 0 Å². The summed E-state index contributed by atoms with van der Waals surface area (Å²) in [7, 11) is 0. The van der Waals surface area contributed by atoms with Crippen LogP contribution in [0.25, 0.3) is 0 Å². The van der Waals surface area contributed by atoms with Gasteiger partial charge in [-0.3, -0.25) is 9.59 Å². The topological polar surface area (TPSA) is 34.1 Å². The Morgan fingerprint density at radius 2 is 1.53 bits per heavy atom. The minimum Gasteiger partial charge on any atom is -0.299 e. The van der Waals surface area contributed by atoms with E-state index < -0.39 is 0 Å². The lowest BCUT2D eigenvalue weighted by Crippen LogP contribution is -2.29. The van der Waals surface area contributed by atoms with Crippen LogP contribution in [0.15, 0.2) is 0 Å². The highest BCUT2D eigenvalue weighted by molar-refractivity contribution is 6.02. The normalized spacial score (nSPS) is 13.3. The number of carbonyl (C=O) groups excluding carboxylic acids is 2. The van der Waals surface area contributed by atoms with Gasteiger partial charge < -0.3 is 0 Å². The van der Waals surface area contributed by atoms with Crippen LogP contribution < -0.4 is 0 Å². The molecule has 0 saturated carbocycles. The van der Waals surface area contributed by atoms with Crippen LogP contribution in [0.4, 0.5) is 0 Å². The van der Waals surface area contributed by atoms with E-state index in [0.717, 1.165) is 6.42 Å². The molecule has 0 aromatic rings. The summed E-state index contributed by atoms with van der Waals surface area (Å²) in [5.74, 6) is 0.354. The summed E-state index contributed by atoms with van der Waals surface area (Å²) >= 11 is 0. The highest BCUT2D eigenvalue weighted by atomic mass is 16.1. The molecule has 15 heavy (non-hydrogen) atoms. The quantitative estimate of drug-likeness (QED) is 0.607. The fourth-order valence-corrected chi connectivity index (χ4v) is 1.85. The molecule has 0 saturated heterocycles. The number of hydrogen-bond donors (Lipinski definition) is 0. The molecule has 0 aliphatic rings. The fraction of sp³-hybridized carbons (Fsp3) is 0.846. The van der Waals surface area contributed by atoms with Gasteiger partial charge in [-0.15, -0.1) is 0 Å². The van der Waals surface area contributed by atoms with E-state index in [4.69, 9.17) is 0 Å². The summed E-state index contributed by atoms with van der Waals surface area (Å²) in [5, 5.41) is 0. The molecule has 0 aromatic carbocycles. The van der Waals surface area contributed by atoms with Crippen LogP contribution in [0.5, 0.6) is 0 Å². The molecule has 0 aliphatic carbocycles. The Balaban J connectivity index is 4.52. The summed E-state index contributed by atoms with van der Waals surface area (Å²) in [4.78, 5) is 23.7. The average molecular weight is 212 g/mol. The largest absolute Gasteiger partial charge is 0.299 e. The van der Waals surface area contributed by atoms with E-state index in [1.54, 1.807) is 0 Å². The summed E-state index contributed by atoms with van der Waals surface area (Å²) in [6.45, 7) is 9.91. The predicted octanol–water partition coefficient (Wildman–Crippen LogP) is 3.24. The van der Waals surface area contributed by atoms with Gasteiger partial charge in [0.05, 0.1) is 5.92 Å². The number of hydrogen-bond acceptors (Lipinski definition) is 2. The first-order valence-electron chi connectivity index (χ1n) is 5.95. The molecule has 0 spiro atoms. The molecule has 1 atom stereocenters. The van der Waals surface area contributed by atoms with Crippen LogP contribution in [-0.4, -0.2) is 11.6 Å². The van der Waals surface area contributed by atoms with Gasteiger partial charge in [-0.1, -0.05) is 34.6 Å². The van der Waals surface area contributed by atoms with E-state index in [-0.39, 0.29) is 23.4 Å². The summed E-state index contributed by atoms with van der Waals surface area (Å²) in [5.41, 5.74) is 0. The van der Waals surface area contributed by atoms with E-state index in [1.807, 2.05) is 34.6 Å². The molecular formula is C13H24O2. The maximum Gasteiger partial charge on any atom is 0.143 e.